The molecule has 1 heterocycles. The number of thiazole rings is 1. The Morgan fingerprint density at radius 1 is 0.907 bits per heavy atom. The van der Waals surface area contributed by atoms with Gasteiger partial charge < -0.3 is 14.2 Å². The summed E-state index contributed by atoms with van der Waals surface area (Å²) in [6, 6.07) is 26.7. The Kier molecular flexibility index (Phi) is 10.2. The van der Waals surface area contributed by atoms with Crippen molar-refractivity contribution in [3.63, 3.8) is 0 Å². The van der Waals surface area contributed by atoms with Gasteiger partial charge in [0.25, 0.3) is 5.91 Å². The van der Waals surface area contributed by atoms with Gasteiger partial charge in [0.05, 0.1) is 33.0 Å². The Morgan fingerprint density at radius 2 is 1.63 bits per heavy atom. The highest BCUT2D eigenvalue weighted by molar-refractivity contribution is 9.11. The molecule has 0 saturated carbocycles. The third kappa shape index (κ3) is 8.10. The van der Waals surface area contributed by atoms with Gasteiger partial charge in [0.15, 0.2) is 11.5 Å². The van der Waals surface area contributed by atoms with E-state index in [1.165, 1.54) is 0 Å². The lowest BCUT2D eigenvalue weighted by Gasteiger charge is -2.14. The Bertz CT molecular complexity index is 1720. The number of amides is 1. The summed E-state index contributed by atoms with van der Waals surface area (Å²) in [5.41, 5.74) is 7.71. The van der Waals surface area contributed by atoms with Crippen molar-refractivity contribution >= 4 is 55.3 Å². The van der Waals surface area contributed by atoms with Crippen molar-refractivity contribution in [2.45, 2.75) is 20.1 Å². The third-order valence-electron chi connectivity index (χ3n) is 6.31. The average molecular weight is 721 g/mol. The molecular weight excluding hydrogens is 694 g/mol. The van der Waals surface area contributed by atoms with Crippen LogP contribution in [0.1, 0.15) is 32.1 Å². The SMILES string of the molecule is COc1cc(COc2c(Br)cc(/C=N/NC(=O)c3ccc(-c4csc(C)n4)cc3)cc2Br)ccc1OCc1ccccc1. The van der Waals surface area contributed by atoms with Crippen LogP contribution in [0, 0.1) is 6.92 Å². The first kappa shape index (κ1) is 30.5. The van der Waals surface area contributed by atoms with Crippen molar-refractivity contribution in [3.05, 3.63) is 127 Å². The average Bonchev–Trinajstić information content (AvgIpc) is 3.46. The summed E-state index contributed by atoms with van der Waals surface area (Å²) in [7, 11) is 1.62. The van der Waals surface area contributed by atoms with E-state index in [1.54, 1.807) is 36.8 Å². The zero-order valence-electron chi connectivity index (χ0n) is 23.3. The largest absolute Gasteiger partial charge is 0.493 e. The van der Waals surface area contributed by atoms with E-state index < -0.39 is 0 Å². The second kappa shape index (κ2) is 14.5. The topological polar surface area (TPSA) is 82.0 Å². The molecular formula is C33H27Br2N3O4S. The molecule has 5 aromatic rings. The summed E-state index contributed by atoms with van der Waals surface area (Å²) in [5.74, 6) is 1.63. The molecule has 0 bridgehead atoms. The van der Waals surface area contributed by atoms with Crippen molar-refractivity contribution in [1.82, 2.24) is 10.4 Å². The van der Waals surface area contributed by atoms with Gasteiger partial charge >= 0.3 is 0 Å². The standard InChI is InChI=1S/C33H27Br2N3O4S/c1-21-37-29(20-43-21)25-9-11-26(12-10-25)33(39)38-36-17-24-14-27(34)32(28(35)15-24)42-19-23-8-13-30(31(16-23)40-2)41-18-22-6-4-3-5-7-22/h3-17,20H,18-19H2,1-2H3,(H,38,39)/b36-17+. The number of rotatable bonds is 11. The Balaban J connectivity index is 1.17. The monoisotopic (exact) mass is 719 g/mol. The van der Waals surface area contributed by atoms with E-state index in [9.17, 15) is 4.79 Å². The number of benzene rings is 4. The maximum Gasteiger partial charge on any atom is 0.271 e. The molecule has 0 aliphatic carbocycles. The van der Waals surface area contributed by atoms with Gasteiger partial charge in [-0.25, -0.2) is 10.4 Å². The zero-order chi connectivity index (χ0) is 30.2. The van der Waals surface area contributed by atoms with Crippen LogP contribution >= 0.6 is 43.2 Å². The van der Waals surface area contributed by atoms with Crippen LogP contribution in [0.4, 0.5) is 0 Å². The highest BCUT2D eigenvalue weighted by Gasteiger charge is 2.12. The number of hydrogen-bond acceptors (Lipinski definition) is 7. The van der Waals surface area contributed by atoms with Crippen LogP contribution in [0.3, 0.4) is 0 Å². The number of aryl methyl sites for hydroxylation is 1. The first-order chi connectivity index (χ1) is 20.9. The second-order valence-electron chi connectivity index (χ2n) is 9.39. The molecule has 0 radical (unpaired) electrons. The van der Waals surface area contributed by atoms with Crippen molar-refractivity contribution in [3.8, 4) is 28.5 Å². The fraction of sp³-hybridized carbons (Fsp3) is 0.121. The van der Waals surface area contributed by atoms with Gasteiger partial charge in [-0.3, -0.25) is 4.79 Å². The van der Waals surface area contributed by atoms with E-state index in [0.29, 0.717) is 36.0 Å². The van der Waals surface area contributed by atoms with Gasteiger partial charge in [-0.15, -0.1) is 11.3 Å². The molecule has 0 aliphatic heterocycles. The third-order valence-corrected chi connectivity index (χ3v) is 8.26. The zero-order valence-corrected chi connectivity index (χ0v) is 27.3. The minimum atomic E-state index is -0.303. The number of carbonyl (C=O) groups excluding carboxylic acids is 1. The maximum absolute atomic E-state index is 12.6. The molecule has 0 fully saturated rings. The molecule has 1 aromatic heterocycles. The van der Waals surface area contributed by atoms with E-state index >= 15 is 0 Å². The molecule has 5 rings (SSSR count). The molecule has 0 atom stereocenters. The maximum atomic E-state index is 12.6. The number of hydrogen-bond donors (Lipinski definition) is 1. The van der Waals surface area contributed by atoms with E-state index in [4.69, 9.17) is 14.2 Å². The molecule has 0 spiro atoms. The van der Waals surface area contributed by atoms with Crippen LogP contribution in [0.25, 0.3) is 11.3 Å². The molecule has 0 aliphatic rings. The van der Waals surface area contributed by atoms with Crippen LogP contribution < -0.4 is 19.6 Å². The molecule has 4 aromatic carbocycles. The first-order valence-corrected chi connectivity index (χ1v) is 15.7. The minimum absolute atomic E-state index is 0.303. The number of aromatic nitrogens is 1. The number of nitrogens with zero attached hydrogens (tertiary/aromatic N) is 2. The number of nitrogens with one attached hydrogen (secondary N) is 1. The Hall–Kier alpha value is -3.99. The summed E-state index contributed by atoms with van der Waals surface area (Å²) >= 11 is 8.76. The van der Waals surface area contributed by atoms with Crippen molar-refractivity contribution < 1.29 is 19.0 Å². The van der Waals surface area contributed by atoms with Gasteiger partial charge in [-0.1, -0.05) is 48.5 Å². The Morgan fingerprint density at radius 3 is 2.30 bits per heavy atom. The van der Waals surface area contributed by atoms with E-state index in [-0.39, 0.29) is 5.91 Å². The fourth-order valence-corrected chi connectivity index (χ4v) is 6.19. The highest BCUT2D eigenvalue weighted by atomic mass is 79.9. The second-order valence-corrected chi connectivity index (χ2v) is 12.2. The lowest BCUT2D eigenvalue weighted by molar-refractivity contribution is 0.0955. The minimum Gasteiger partial charge on any atom is -0.493 e. The van der Waals surface area contributed by atoms with Crippen molar-refractivity contribution in [2.24, 2.45) is 5.10 Å². The van der Waals surface area contributed by atoms with Gasteiger partial charge in [0.1, 0.15) is 19.0 Å². The van der Waals surface area contributed by atoms with E-state index in [2.05, 4.69) is 47.4 Å². The van der Waals surface area contributed by atoms with Crippen LogP contribution in [0.15, 0.2) is 104 Å². The molecule has 7 nitrogen and oxygen atoms in total. The molecule has 1 amide bonds. The van der Waals surface area contributed by atoms with Crippen LogP contribution in [0.2, 0.25) is 0 Å². The van der Waals surface area contributed by atoms with Crippen molar-refractivity contribution in [1.29, 1.82) is 0 Å². The quantitative estimate of drug-likeness (QED) is 0.109. The summed E-state index contributed by atoms with van der Waals surface area (Å²) in [5, 5.41) is 7.12. The first-order valence-electron chi connectivity index (χ1n) is 13.2. The van der Waals surface area contributed by atoms with E-state index in [1.807, 2.05) is 85.1 Å². The van der Waals surface area contributed by atoms with Gasteiger partial charge in [-0.2, -0.15) is 5.10 Å². The van der Waals surface area contributed by atoms with Crippen molar-refractivity contribution in [2.75, 3.05) is 7.11 Å². The smallest absolute Gasteiger partial charge is 0.271 e. The summed E-state index contributed by atoms with van der Waals surface area (Å²) < 4.78 is 19.1. The summed E-state index contributed by atoms with van der Waals surface area (Å²) in [4.78, 5) is 17.0. The molecule has 0 unspecified atom stereocenters. The van der Waals surface area contributed by atoms with Gasteiger partial charge in [-0.05, 0) is 91.9 Å². The summed E-state index contributed by atoms with van der Waals surface area (Å²) in [6.45, 7) is 2.73. The number of halogens is 2. The predicted octanol–water partition coefficient (Wildman–Crippen LogP) is 8.57. The number of ether oxygens (including phenoxy) is 3. The highest BCUT2D eigenvalue weighted by Crippen LogP contribution is 2.36. The Labute approximate surface area is 270 Å². The molecule has 1 N–H and O–H groups in total. The molecule has 0 saturated heterocycles. The normalized spacial score (nSPS) is 11.0. The number of hydrazone groups is 1. The predicted molar refractivity (Wildman–Crippen MR) is 177 cm³/mol. The van der Waals surface area contributed by atoms with Gasteiger partial charge in [0, 0.05) is 16.5 Å². The van der Waals surface area contributed by atoms with Crippen LogP contribution in [0.5, 0.6) is 17.2 Å². The van der Waals surface area contributed by atoms with Gasteiger partial charge in [0.2, 0.25) is 0 Å². The molecule has 43 heavy (non-hydrogen) atoms. The lowest BCUT2D eigenvalue weighted by Crippen LogP contribution is -2.17. The van der Waals surface area contributed by atoms with Crippen LogP contribution in [-0.4, -0.2) is 24.2 Å². The fourth-order valence-electron chi connectivity index (χ4n) is 4.12. The number of methoxy groups -OCH3 is 1. The van der Waals surface area contributed by atoms with E-state index in [0.717, 1.165) is 41.9 Å². The molecule has 10 heteroatoms. The van der Waals surface area contributed by atoms with Crippen LogP contribution in [-0.2, 0) is 13.2 Å². The molecule has 218 valence electrons. The summed E-state index contributed by atoms with van der Waals surface area (Å²) in [6.07, 6.45) is 1.57. The lowest BCUT2D eigenvalue weighted by atomic mass is 10.1. The number of carbonyl (C=O) groups is 1.